The van der Waals surface area contributed by atoms with E-state index in [1.807, 2.05) is 49.6 Å². The van der Waals surface area contributed by atoms with Crippen molar-refractivity contribution in [2.24, 2.45) is 29.6 Å². The molecule has 15 heteroatoms. The van der Waals surface area contributed by atoms with Gasteiger partial charge in [0.2, 0.25) is 11.8 Å². The van der Waals surface area contributed by atoms with Crippen LogP contribution in [0.1, 0.15) is 77.6 Å². The second kappa shape index (κ2) is 15.1. The number of nitrogens with one attached hydrogen (secondary N) is 4. The highest BCUT2D eigenvalue weighted by molar-refractivity contribution is 6.32. The molecule has 9 atom stereocenters. The van der Waals surface area contributed by atoms with Crippen molar-refractivity contribution in [3.8, 4) is 22.4 Å². The van der Waals surface area contributed by atoms with E-state index in [4.69, 9.17) is 31.0 Å². The van der Waals surface area contributed by atoms with Crippen molar-refractivity contribution < 1.29 is 28.7 Å². The highest BCUT2D eigenvalue weighted by Gasteiger charge is 2.62. The zero-order valence-corrected chi connectivity index (χ0v) is 35.5. The lowest BCUT2D eigenvalue weighted by Gasteiger charge is -2.32. The topological polar surface area (TPSA) is 175 Å². The number of hydrogen-bond donors (Lipinski definition) is 4. The Kier molecular flexibility index (Phi) is 10.0. The van der Waals surface area contributed by atoms with Crippen molar-refractivity contribution in [2.45, 2.75) is 90.1 Å². The Morgan fingerprint density at radius 2 is 1.30 bits per heavy atom. The molecule has 4 fully saturated rings. The number of halogens is 1. The number of amides is 4. The van der Waals surface area contributed by atoms with E-state index in [1.165, 1.54) is 14.2 Å². The molecule has 0 radical (unpaired) electrons. The summed E-state index contributed by atoms with van der Waals surface area (Å²) in [5.41, 5.74) is 5.25. The van der Waals surface area contributed by atoms with Gasteiger partial charge in [-0.1, -0.05) is 76.6 Å². The first-order valence-electron chi connectivity index (χ1n) is 20.9. The van der Waals surface area contributed by atoms with Crippen molar-refractivity contribution in [1.82, 2.24) is 40.4 Å². The van der Waals surface area contributed by atoms with Crippen LogP contribution in [0.4, 0.5) is 9.59 Å². The zero-order chi connectivity index (χ0) is 42.3. The van der Waals surface area contributed by atoms with E-state index in [9.17, 15) is 19.2 Å². The number of piperidine rings is 2. The monoisotopic (exact) mass is 834 g/mol. The quantitative estimate of drug-likeness (QED) is 0.110. The number of ether oxygens (including phenoxy) is 2. The van der Waals surface area contributed by atoms with Gasteiger partial charge in [0.15, 0.2) is 0 Å². The molecule has 0 bridgehead atoms. The number of H-pyrrole nitrogens is 2. The molecule has 2 aliphatic heterocycles. The molecule has 2 saturated carbocycles. The van der Waals surface area contributed by atoms with Gasteiger partial charge in [0.25, 0.3) is 0 Å². The number of fused-ring (bicyclic) bond motifs is 4. The van der Waals surface area contributed by atoms with Gasteiger partial charge in [0.05, 0.1) is 37.3 Å². The van der Waals surface area contributed by atoms with Crippen LogP contribution in [0.5, 0.6) is 0 Å². The van der Waals surface area contributed by atoms with E-state index in [1.54, 1.807) is 0 Å². The molecule has 3 aromatic carbocycles. The summed E-state index contributed by atoms with van der Waals surface area (Å²) in [6.45, 7) is 9.81. The third-order valence-electron chi connectivity index (χ3n) is 13.3. The molecule has 14 nitrogen and oxygen atoms in total. The van der Waals surface area contributed by atoms with Gasteiger partial charge in [-0.15, -0.1) is 0 Å². The molecule has 4 heterocycles. The molecular weight excluding hydrogens is 784 g/mol. The maximum Gasteiger partial charge on any atom is 0.407 e. The second-order valence-corrected chi connectivity index (χ2v) is 18.1. The number of rotatable bonds is 10. The Balaban J connectivity index is 0.941. The molecule has 4 aliphatic rings. The van der Waals surface area contributed by atoms with Crippen LogP contribution < -0.4 is 10.6 Å². The Labute approximate surface area is 353 Å². The minimum absolute atomic E-state index is 0.0843. The normalized spacial score (nSPS) is 25.0. The summed E-state index contributed by atoms with van der Waals surface area (Å²) in [5.74, 6) is 2.06. The fourth-order valence-electron chi connectivity index (χ4n) is 9.85. The van der Waals surface area contributed by atoms with Gasteiger partial charge in [-0.3, -0.25) is 9.59 Å². The number of benzene rings is 3. The number of alkyl carbamates (subject to hydrolysis) is 2. The van der Waals surface area contributed by atoms with Gasteiger partial charge >= 0.3 is 12.2 Å². The average molecular weight is 835 g/mol. The predicted molar refractivity (Wildman–Crippen MR) is 227 cm³/mol. The number of imidazole rings is 2. The predicted octanol–water partition coefficient (Wildman–Crippen LogP) is 7.76. The molecule has 5 aromatic rings. The lowest BCUT2D eigenvalue weighted by Crippen LogP contribution is -2.52. The number of likely N-dealkylation sites (tertiary alicyclic amines) is 2. The summed E-state index contributed by atoms with van der Waals surface area (Å²) < 4.78 is 9.64. The maximum absolute atomic E-state index is 14.0. The Bertz CT molecular complexity index is 2530. The molecule has 2 aromatic heterocycles. The van der Waals surface area contributed by atoms with Crippen molar-refractivity contribution in [2.75, 3.05) is 14.2 Å². The van der Waals surface area contributed by atoms with Gasteiger partial charge in [-0.25, -0.2) is 19.6 Å². The van der Waals surface area contributed by atoms with Gasteiger partial charge < -0.3 is 39.9 Å². The number of aromatic nitrogens is 4. The van der Waals surface area contributed by atoms with Crippen LogP contribution in [-0.2, 0) is 19.1 Å². The number of carbonyl (C=O) groups is 4. The van der Waals surface area contributed by atoms with Crippen LogP contribution in [0.25, 0.3) is 44.2 Å². The van der Waals surface area contributed by atoms with Crippen molar-refractivity contribution in [1.29, 1.82) is 0 Å². The van der Waals surface area contributed by atoms with Crippen LogP contribution in [0, 0.1) is 29.6 Å². The van der Waals surface area contributed by atoms with Crippen molar-refractivity contribution >= 4 is 57.4 Å². The van der Waals surface area contributed by atoms with E-state index in [-0.39, 0.29) is 47.8 Å². The second-order valence-electron chi connectivity index (χ2n) is 17.7. The first-order valence-corrected chi connectivity index (χ1v) is 21.3. The molecule has 2 unspecified atom stereocenters. The lowest BCUT2D eigenvalue weighted by molar-refractivity contribution is -0.137. The molecule has 0 spiro atoms. The summed E-state index contributed by atoms with van der Waals surface area (Å²) in [7, 11) is 2.59. The fourth-order valence-corrected chi connectivity index (χ4v) is 10.1. The largest absolute Gasteiger partial charge is 0.453 e. The van der Waals surface area contributed by atoms with Crippen LogP contribution in [-0.4, -0.2) is 92.1 Å². The standard InChI is InChI=1S/C45H51ClN8O6/c1-20(2)35(50-44(57)59-6)42(55)53-32-17-28(32)18-33(53)40-47-30-13-12-26(16-31(30)48-40)24-8-9-25-15-27(11-10-23(25)14-24)37-39(46)52-41(49-37)34-19-29-22(5)38(29)54(34)43(56)36(21(3)4)51-45(58)60-7/h8-16,20-22,28-29,32-36,38H,17-19H2,1-7H3,(H,47,48)(H,49,52)(H,50,57)(H,51,58)/t22-,28-,29?,32-,33+,34+,35+,36+,38?/m1/s1. The Hall–Kier alpha value is -5.63. The molecule has 9 rings (SSSR count). The lowest BCUT2D eigenvalue weighted by atomic mass is 9.99. The van der Waals surface area contributed by atoms with E-state index in [2.05, 4.69) is 70.0 Å². The molecule has 60 heavy (non-hydrogen) atoms. The number of nitrogens with zero attached hydrogens (tertiary/aromatic N) is 4. The van der Waals surface area contributed by atoms with Crippen molar-refractivity contribution in [3.63, 3.8) is 0 Å². The van der Waals surface area contributed by atoms with E-state index in [0.717, 1.165) is 63.6 Å². The fraction of sp³-hybridized carbons (Fsp3) is 0.467. The third kappa shape index (κ3) is 6.91. The molecule has 4 N–H and O–H groups in total. The molecule has 2 aliphatic carbocycles. The highest BCUT2D eigenvalue weighted by Crippen LogP contribution is 2.58. The maximum atomic E-state index is 14.0. The highest BCUT2D eigenvalue weighted by atomic mass is 35.5. The SMILES string of the molecule is COC(=O)N[C@H](C(=O)N1C2C(C[C@H]1c1nc(-c3ccc4cc(-c5ccc6nc([C@@H]7C[C@H]8C[C@H]8N7C(=O)[C@@H](NC(=O)OC)C(C)C)[nH]c6c5)ccc4c3)c(Cl)[nH]1)[C@H]2C)C(C)C. The summed E-state index contributed by atoms with van der Waals surface area (Å²) in [6.07, 6.45) is 1.31. The van der Waals surface area contributed by atoms with Gasteiger partial charge in [-0.2, -0.15) is 0 Å². The van der Waals surface area contributed by atoms with Gasteiger partial charge in [0, 0.05) is 17.6 Å². The Morgan fingerprint density at radius 1 is 0.733 bits per heavy atom. The Morgan fingerprint density at radius 3 is 1.95 bits per heavy atom. The van der Waals surface area contributed by atoms with E-state index in [0.29, 0.717) is 34.4 Å². The minimum Gasteiger partial charge on any atom is -0.453 e. The molecule has 4 amide bonds. The minimum atomic E-state index is -0.729. The first-order chi connectivity index (χ1) is 28.8. The number of carbonyl (C=O) groups excluding carboxylic acids is 4. The average Bonchev–Trinajstić information content (AvgIpc) is 3.74. The summed E-state index contributed by atoms with van der Waals surface area (Å²) in [5, 5.41) is 7.96. The van der Waals surface area contributed by atoms with E-state index < -0.39 is 24.3 Å². The van der Waals surface area contributed by atoms with Crippen LogP contribution in [0.2, 0.25) is 5.15 Å². The van der Waals surface area contributed by atoms with Gasteiger partial charge in [0.1, 0.15) is 34.6 Å². The van der Waals surface area contributed by atoms with Crippen LogP contribution >= 0.6 is 11.6 Å². The van der Waals surface area contributed by atoms with Crippen LogP contribution in [0.15, 0.2) is 54.6 Å². The summed E-state index contributed by atoms with van der Waals surface area (Å²) in [6, 6.07) is 17.0. The number of hydrogen-bond acceptors (Lipinski definition) is 8. The molecule has 2 saturated heterocycles. The van der Waals surface area contributed by atoms with Gasteiger partial charge in [-0.05, 0) is 95.0 Å². The van der Waals surface area contributed by atoms with Crippen LogP contribution in [0.3, 0.4) is 0 Å². The first kappa shape index (κ1) is 39.8. The number of methoxy groups -OCH3 is 2. The molecular formula is C45H51ClN8O6. The third-order valence-corrected chi connectivity index (χ3v) is 13.6. The zero-order valence-electron chi connectivity index (χ0n) is 34.8. The van der Waals surface area contributed by atoms with Crippen molar-refractivity contribution in [3.05, 3.63) is 71.4 Å². The smallest absolute Gasteiger partial charge is 0.407 e. The molecule has 314 valence electrons. The summed E-state index contributed by atoms with van der Waals surface area (Å²) >= 11 is 6.85. The number of aromatic amines is 2. The summed E-state index contributed by atoms with van der Waals surface area (Å²) in [4.78, 5) is 72.8. The van der Waals surface area contributed by atoms with E-state index >= 15 is 0 Å².